The molecule has 5 aromatic rings. The molecule has 0 atom stereocenters. The van der Waals surface area contributed by atoms with Gasteiger partial charge in [-0.05, 0) is 29.0 Å². The number of carbonyl (C=O) groups excluding carboxylic acids is 2. The van der Waals surface area contributed by atoms with Gasteiger partial charge >= 0.3 is 0 Å². The molecule has 7 rings (SSSR count). The second-order valence-corrected chi connectivity index (χ2v) is 9.00. The summed E-state index contributed by atoms with van der Waals surface area (Å²) in [6.45, 7) is 1.35. The molecule has 0 saturated carbocycles. The number of halogens is 1. The molecule has 0 bridgehead atoms. The van der Waals surface area contributed by atoms with Crippen LogP contribution >= 0.6 is 0 Å². The molecule has 0 radical (unpaired) electrons. The van der Waals surface area contributed by atoms with Crippen molar-refractivity contribution in [1.29, 1.82) is 0 Å². The van der Waals surface area contributed by atoms with Crippen LogP contribution in [0.4, 0.5) is 10.1 Å². The Morgan fingerprint density at radius 1 is 0.771 bits per heavy atom. The van der Waals surface area contributed by atoms with Crippen molar-refractivity contribution in [3.05, 3.63) is 114 Å². The molecule has 5 heteroatoms. The maximum absolute atomic E-state index is 14.8. The summed E-state index contributed by atoms with van der Waals surface area (Å²) in [7, 11) is 0. The van der Waals surface area contributed by atoms with E-state index in [0.717, 1.165) is 26.4 Å². The molecule has 2 aliphatic heterocycles. The lowest BCUT2D eigenvalue weighted by molar-refractivity contribution is -0.126. The summed E-state index contributed by atoms with van der Waals surface area (Å²) in [5.74, 6) is -0.239. The van der Waals surface area contributed by atoms with E-state index in [-0.39, 0.29) is 0 Å². The number of ether oxygens (including phenoxy) is 1. The van der Waals surface area contributed by atoms with Crippen LogP contribution < -0.4 is 9.64 Å². The summed E-state index contributed by atoms with van der Waals surface area (Å²) >= 11 is 0. The van der Waals surface area contributed by atoms with E-state index in [1.165, 1.54) is 25.1 Å². The maximum Gasteiger partial charge on any atom is 0.253 e. The molecule has 0 saturated heterocycles. The highest BCUT2D eigenvalue weighted by Crippen LogP contribution is 2.60. The Labute approximate surface area is 200 Å². The second kappa shape index (κ2) is 6.76. The van der Waals surface area contributed by atoms with E-state index < -0.39 is 23.0 Å². The van der Waals surface area contributed by atoms with Crippen LogP contribution in [-0.2, 0) is 15.0 Å². The minimum Gasteiger partial charge on any atom is -0.455 e. The fourth-order valence-corrected chi connectivity index (χ4v) is 5.77. The number of hydrogen-bond acceptors (Lipinski definition) is 3. The van der Waals surface area contributed by atoms with Gasteiger partial charge in [-0.3, -0.25) is 9.59 Å². The lowest BCUT2D eigenvalue weighted by Crippen LogP contribution is -2.45. The SMILES string of the molecule is CC(=O)N1C(=O)C2(c3cc(F)ccc31)c1ccc3ccccc3c1Oc1c2ccc2ccccc12. The zero-order valence-corrected chi connectivity index (χ0v) is 18.7. The van der Waals surface area contributed by atoms with Crippen molar-refractivity contribution in [3.8, 4) is 11.5 Å². The number of nitrogens with zero attached hydrogens (tertiary/aromatic N) is 1. The summed E-state index contributed by atoms with van der Waals surface area (Å²) in [4.78, 5) is 28.3. The van der Waals surface area contributed by atoms with E-state index in [0.29, 0.717) is 33.9 Å². The lowest BCUT2D eigenvalue weighted by Gasteiger charge is -2.37. The van der Waals surface area contributed by atoms with Crippen molar-refractivity contribution >= 4 is 39.0 Å². The summed E-state index contributed by atoms with van der Waals surface area (Å²) in [5, 5.41) is 3.60. The number of anilines is 1. The van der Waals surface area contributed by atoms with Crippen molar-refractivity contribution < 1.29 is 18.7 Å². The van der Waals surface area contributed by atoms with Gasteiger partial charge in [0.2, 0.25) is 5.91 Å². The Hall–Kier alpha value is -4.51. The van der Waals surface area contributed by atoms with Crippen LogP contribution in [0.25, 0.3) is 21.5 Å². The van der Waals surface area contributed by atoms with E-state index in [9.17, 15) is 14.0 Å². The number of imide groups is 1. The second-order valence-electron chi connectivity index (χ2n) is 9.00. The number of hydrogen-bond donors (Lipinski definition) is 0. The fraction of sp³-hybridized carbons (Fsp3) is 0.0667. The van der Waals surface area contributed by atoms with Gasteiger partial charge in [0.15, 0.2) is 0 Å². The van der Waals surface area contributed by atoms with Crippen LogP contribution in [0.15, 0.2) is 91.0 Å². The van der Waals surface area contributed by atoms with Gasteiger partial charge in [0.25, 0.3) is 5.91 Å². The molecule has 2 amide bonds. The molecule has 0 aromatic heterocycles. The first-order valence-electron chi connectivity index (χ1n) is 11.4. The van der Waals surface area contributed by atoms with Gasteiger partial charge in [-0.2, -0.15) is 0 Å². The molecule has 1 spiro atoms. The molecule has 168 valence electrons. The Bertz CT molecular complexity index is 1670. The first-order valence-corrected chi connectivity index (χ1v) is 11.4. The Morgan fingerprint density at radius 2 is 1.34 bits per heavy atom. The predicted molar refractivity (Wildman–Crippen MR) is 132 cm³/mol. The third-order valence-electron chi connectivity index (χ3n) is 7.21. The van der Waals surface area contributed by atoms with Gasteiger partial charge in [0.1, 0.15) is 22.7 Å². The van der Waals surface area contributed by atoms with Gasteiger partial charge in [-0.25, -0.2) is 9.29 Å². The van der Waals surface area contributed by atoms with Crippen LogP contribution in [0.1, 0.15) is 23.6 Å². The normalized spacial score (nSPS) is 15.1. The molecule has 0 unspecified atom stereocenters. The van der Waals surface area contributed by atoms with E-state index >= 15 is 0 Å². The molecular formula is C30H18FNO3. The van der Waals surface area contributed by atoms with E-state index in [1.54, 1.807) is 0 Å². The predicted octanol–water partition coefficient (Wildman–Crippen LogP) is 6.47. The lowest BCUT2D eigenvalue weighted by atomic mass is 9.67. The van der Waals surface area contributed by atoms with Crippen molar-refractivity contribution in [2.75, 3.05) is 4.90 Å². The highest BCUT2D eigenvalue weighted by atomic mass is 19.1. The van der Waals surface area contributed by atoms with Gasteiger partial charge in [-0.15, -0.1) is 0 Å². The summed E-state index contributed by atoms with van der Waals surface area (Å²) in [5.41, 5.74) is 0.595. The average molecular weight is 459 g/mol. The van der Waals surface area contributed by atoms with Crippen molar-refractivity contribution in [1.82, 2.24) is 0 Å². The monoisotopic (exact) mass is 459 g/mol. The minimum atomic E-state index is -1.43. The number of carbonyl (C=O) groups is 2. The molecule has 0 aliphatic carbocycles. The topological polar surface area (TPSA) is 46.6 Å². The molecule has 2 aliphatic rings. The summed E-state index contributed by atoms with van der Waals surface area (Å²) in [6.07, 6.45) is 0. The number of benzene rings is 5. The average Bonchev–Trinajstić information content (AvgIpc) is 3.12. The molecule has 0 N–H and O–H groups in total. The quantitative estimate of drug-likeness (QED) is 0.267. The van der Waals surface area contributed by atoms with Crippen molar-refractivity contribution in [2.24, 2.45) is 0 Å². The maximum atomic E-state index is 14.8. The smallest absolute Gasteiger partial charge is 0.253 e. The van der Waals surface area contributed by atoms with Crippen LogP contribution in [0, 0.1) is 5.82 Å². The Morgan fingerprint density at radius 3 is 1.91 bits per heavy atom. The van der Waals surface area contributed by atoms with Crippen molar-refractivity contribution in [2.45, 2.75) is 12.3 Å². The Balaban J connectivity index is 1.71. The van der Waals surface area contributed by atoms with Gasteiger partial charge in [0, 0.05) is 34.4 Å². The van der Waals surface area contributed by atoms with E-state index in [1.807, 2.05) is 72.8 Å². The van der Waals surface area contributed by atoms with Crippen LogP contribution in [0.3, 0.4) is 0 Å². The first-order chi connectivity index (χ1) is 17.0. The molecule has 5 aromatic carbocycles. The molecule has 35 heavy (non-hydrogen) atoms. The van der Waals surface area contributed by atoms with E-state index in [4.69, 9.17) is 4.74 Å². The highest BCUT2D eigenvalue weighted by molar-refractivity contribution is 6.26. The van der Waals surface area contributed by atoms with Gasteiger partial charge < -0.3 is 4.74 Å². The Kier molecular flexibility index (Phi) is 3.85. The molecular weight excluding hydrogens is 441 g/mol. The third kappa shape index (κ3) is 2.39. The third-order valence-corrected chi connectivity index (χ3v) is 7.21. The van der Waals surface area contributed by atoms with Gasteiger partial charge in [0.05, 0.1) is 5.69 Å². The summed E-state index contributed by atoms with van der Waals surface area (Å²) < 4.78 is 21.4. The summed E-state index contributed by atoms with van der Waals surface area (Å²) in [6, 6.07) is 27.4. The molecule has 2 heterocycles. The zero-order chi connectivity index (χ0) is 23.9. The van der Waals surface area contributed by atoms with Crippen molar-refractivity contribution in [3.63, 3.8) is 0 Å². The number of rotatable bonds is 0. The van der Waals surface area contributed by atoms with E-state index in [2.05, 4.69) is 0 Å². The minimum absolute atomic E-state index is 0.393. The largest absolute Gasteiger partial charge is 0.455 e. The first kappa shape index (κ1) is 19.9. The molecule has 4 nitrogen and oxygen atoms in total. The van der Waals surface area contributed by atoms with Gasteiger partial charge in [-0.1, -0.05) is 72.8 Å². The fourth-order valence-electron chi connectivity index (χ4n) is 5.77. The van der Waals surface area contributed by atoms with Crippen LogP contribution in [-0.4, -0.2) is 11.8 Å². The molecule has 0 fully saturated rings. The van der Waals surface area contributed by atoms with Crippen LogP contribution in [0.5, 0.6) is 11.5 Å². The zero-order valence-electron chi connectivity index (χ0n) is 18.7. The number of fused-ring (bicyclic) bond motifs is 10. The van der Waals surface area contributed by atoms with Crippen LogP contribution in [0.2, 0.25) is 0 Å². The highest BCUT2D eigenvalue weighted by Gasteiger charge is 2.59. The number of amides is 2. The standard InChI is InChI=1S/C30H18FNO3/c1-17(33)32-26-15-12-20(31)16-25(26)30(29(32)34)23-13-10-18-6-2-4-8-21(18)27(23)35-28-22-9-5-3-7-19(22)11-14-24(28)30/h2-16H,1H3.